The van der Waals surface area contributed by atoms with Crippen molar-refractivity contribution in [3.8, 4) is 0 Å². The van der Waals surface area contributed by atoms with E-state index in [1.54, 1.807) is 24.3 Å². The first-order valence-electron chi connectivity index (χ1n) is 5.67. The molecular formula is C14H16N4. The number of aromatic amines is 1. The normalized spacial score (nSPS) is 9.83. The number of imidazole rings is 1. The van der Waals surface area contributed by atoms with Crippen LogP contribution >= 0.6 is 0 Å². The Morgan fingerprint density at radius 3 is 2.00 bits per heavy atom. The van der Waals surface area contributed by atoms with Crippen molar-refractivity contribution in [1.29, 1.82) is 0 Å². The Kier molecular flexibility index (Phi) is 3.48. The molecule has 2 aromatic carbocycles. The maximum absolute atomic E-state index is 5.37. The smallest absolute Gasteiger partial charge is 0.104 e. The number of fused-ring (bicyclic) bond motifs is 1. The van der Waals surface area contributed by atoms with Crippen LogP contribution in [0.2, 0.25) is 0 Å². The first kappa shape index (κ1) is 12.0. The average Bonchev–Trinajstić information content (AvgIpc) is 2.74. The molecule has 1 aromatic heterocycles. The quantitative estimate of drug-likeness (QED) is 0.528. The average molecular weight is 240 g/mol. The third-order valence-corrected chi connectivity index (χ3v) is 2.44. The molecule has 4 heteroatoms. The van der Waals surface area contributed by atoms with E-state index in [0.29, 0.717) is 0 Å². The second-order valence-corrected chi connectivity index (χ2v) is 4.01. The van der Waals surface area contributed by atoms with Gasteiger partial charge in [0.1, 0.15) is 5.82 Å². The zero-order chi connectivity index (χ0) is 13.0. The Labute approximate surface area is 106 Å². The van der Waals surface area contributed by atoms with Gasteiger partial charge in [-0.15, -0.1) is 0 Å². The van der Waals surface area contributed by atoms with Crippen LogP contribution in [0.25, 0.3) is 11.0 Å². The minimum absolute atomic E-state index is 0.749. The fourth-order valence-electron chi connectivity index (χ4n) is 1.58. The van der Waals surface area contributed by atoms with Crippen molar-refractivity contribution in [1.82, 2.24) is 9.97 Å². The van der Waals surface area contributed by atoms with Gasteiger partial charge >= 0.3 is 0 Å². The third-order valence-electron chi connectivity index (χ3n) is 2.44. The number of hydrogen-bond donors (Lipinski definition) is 3. The monoisotopic (exact) mass is 240 g/mol. The Morgan fingerprint density at radius 1 is 0.889 bits per heavy atom. The Balaban J connectivity index is 0.000000138. The predicted octanol–water partition coefficient (Wildman–Crippen LogP) is 2.72. The number of nitrogens with two attached hydrogens (primary N) is 2. The highest BCUT2D eigenvalue weighted by Gasteiger charge is 1.94. The molecule has 5 N–H and O–H groups in total. The summed E-state index contributed by atoms with van der Waals surface area (Å²) in [5.74, 6) is 0.973. The maximum atomic E-state index is 5.37. The van der Waals surface area contributed by atoms with Gasteiger partial charge in [0.2, 0.25) is 0 Å². The summed E-state index contributed by atoms with van der Waals surface area (Å²) in [6, 6.07) is 15.1. The fraction of sp³-hybridized carbons (Fsp3) is 0.0714. The highest BCUT2D eigenvalue weighted by molar-refractivity contribution is 5.74. The zero-order valence-corrected chi connectivity index (χ0v) is 10.2. The summed E-state index contributed by atoms with van der Waals surface area (Å²) in [4.78, 5) is 7.40. The van der Waals surface area contributed by atoms with Crippen molar-refractivity contribution < 1.29 is 0 Å². The van der Waals surface area contributed by atoms with Crippen molar-refractivity contribution in [2.75, 3.05) is 11.5 Å². The van der Waals surface area contributed by atoms with Gasteiger partial charge in [-0.2, -0.15) is 0 Å². The molecule has 0 saturated carbocycles. The first-order chi connectivity index (χ1) is 8.65. The van der Waals surface area contributed by atoms with Crippen LogP contribution in [0.5, 0.6) is 0 Å². The summed E-state index contributed by atoms with van der Waals surface area (Å²) in [6.45, 7) is 1.96. The van der Waals surface area contributed by atoms with Gasteiger partial charge in [-0.25, -0.2) is 4.98 Å². The van der Waals surface area contributed by atoms with E-state index in [1.165, 1.54) is 0 Å². The molecule has 4 nitrogen and oxygen atoms in total. The van der Waals surface area contributed by atoms with Crippen LogP contribution in [0.3, 0.4) is 0 Å². The van der Waals surface area contributed by atoms with E-state index in [1.807, 2.05) is 31.2 Å². The lowest BCUT2D eigenvalue weighted by Gasteiger charge is -1.90. The molecule has 3 aromatic rings. The van der Waals surface area contributed by atoms with E-state index in [2.05, 4.69) is 9.97 Å². The zero-order valence-electron chi connectivity index (χ0n) is 10.2. The van der Waals surface area contributed by atoms with E-state index < -0.39 is 0 Å². The molecule has 0 aliphatic rings. The van der Waals surface area contributed by atoms with Gasteiger partial charge in [-0.05, 0) is 43.3 Å². The largest absolute Gasteiger partial charge is 0.399 e. The third kappa shape index (κ3) is 3.01. The predicted molar refractivity (Wildman–Crippen MR) is 76.1 cm³/mol. The lowest BCUT2D eigenvalue weighted by atomic mass is 10.3. The molecule has 0 aliphatic carbocycles. The van der Waals surface area contributed by atoms with Crippen molar-refractivity contribution in [2.24, 2.45) is 0 Å². The number of nitrogens with one attached hydrogen (secondary N) is 1. The molecule has 0 fully saturated rings. The molecule has 0 aliphatic heterocycles. The summed E-state index contributed by atoms with van der Waals surface area (Å²) in [5.41, 5.74) is 14.4. The Bertz CT molecular complexity index is 572. The van der Waals surface area contributed by atoms with Crippen LogP contribution in [0.1, 0.15) is 5.82 Å². The summed E-state index contributed by atoms with van der Waals surface area (Å²) >= 11 is 0. The second kappa shape index (κ2) is 5.23. The minimum Gasteiger partial charge on any atom is -0.399 e. The maximum Gasteiger partial charge on any atom is 0.104 e. The Morgan fingerprint density at radius 2 is 1.44 bits per heavy atom. The molecule has 18 heavy (non-hydrogen) atoms. The minimum atomic E-state index is 0.749. The van der Waals surface area contributed by atoms with Gasteiger partial charge < -0.3 is 16.5 Å². The molecule has 92 valence electrons. The van der Waals surface area contributed by atoms with Crippen LogP contribution < -0.4 is 11.5 Å². The summed E-state index contributed by atoms with van der Waals surface area (Å²) in [6.07, 6.45) is 0. The van der Waals surface area contributed by atoms with E-state index in [-0.39, 0.29) is 0 Å². The van der Waals surface area contributed by atoms with E-state index in [9.17, 15) is 0 Å². The number of anilines is 2. The number of aryl methyl sites for hydroxylation is 1. The molecule has 0 bridgehead atoms. The van der Waals surface area contributed by atoms with Gasteiger partial charge in [0, 0.05) is 11.4 Å². The molecule has 3 rings (SSSR count). The number of nitrogens with zero attached hydrogens (tertiary/aromatic N) is 1. The highest BCUT2D eigenvalue weighted by Crippen LogP contribution is 2.08. The fourth-order valence-corrected chi connectivity index (χ4v) is 1.58. The van der Waals surface area contributed by atoms with Crippen molar-refractivity contribution in [3.63, 3.8) is 0 Å². The van der Waals surface area contributed by atoms with Crippen molar-refractivity contribution in [2.45, 2.75) is 6.92 Å². The summed E-state index contributed by atoms with van der Waals surface area (Å²) in [5, 5.41) is 0. The van der Waals surface area contributed by atoms with Gasteiger partial charge in [0.25, 0.3) is 0 Å². The lowest BCUT2D eigenvalue weighted by molar-refractivity contribution is 1.17. The van der Waals surface area contributed by atoms with E-state index in [4.69, 9.17) is 11.5 Å². The molecule has 1 heterocycles. The van der Waals surface area contributed by atoms with Gasteiger partial charge in [0.05, 0.1) is 11.0 Å². The second-order valence-electron chi connectivity index (χ2n) is 4.01. The molecule has 0 radical (unpaired) electrons. The van der Waals surface area contributed by atoms with Crippen LogP contribution in [0.15, 0.2) is 48.5 Å². The summed E-state index contributed by atoms with van der Waals surface area (Å²) in [7, 11) is 0. The number of para-hydroxylation sites is 2. The van der Waals surface area contributed by atoms with Crippen LogP contribution in [-0.4, -0.2) is 9.97 Å². The van der Waals surface area contributed by atoms with Crippen LogP contribution in [0, 0.1) is 6.92 Å². The molecule has 0 unspecified atom stereocenters. The SMILES string of the molecule is Cc1nc2ccccc2[nH]1.Nc1ccc(N)cc1. The Hall–Kier alpha value is -2.49. The highest BCUT2D eigenvalue weighted by atomic mass is 14.9. The summed E-state index contributed by atoms with van der Waals surface area (Å²) < 4.78 is 0. The number of rotatable bonds is 0. The van der Waals surface area contributed by atoms with Crippen molar-refractivity contribution in [3.05, 3.63) is 54.4 Å². The number of aromatic nitrogens is 2. The van der Waals surface area contributed by atoms with Crippen LogP contribution in [-0.2, 0) is 0 Å². The van der Waals surface area contributed by atoms with Crippen LogP contribution in [0.4, 0.5) is 11.4 Å². The number of nitrogen functional groups attached to an aromatic ring is 2. The van der Waals surface area contributed by atoms with E-state index >= 15 is 0 Å². The number of H-pyrrole nitrogens is 1. The van der Waals surface area contributed by atoms with Crippen molar-refractivity contribution >= 4 is 22.4 Å². The molecule has 0 saturated heterocycles. The lowest BCUT2D eigenvalue weighted by Crippen LogP contribution is -1.86. The molecule has 0 atom stereocenters. The number of hydrogen-bond acceptors (Lipinski definition) is 3. The first-order valence-corrected chi connectivity index (χ1v) is 5.67. The standard InChI is InChI=1S/C8H8N2.C6H8N2/c1-6-9-7-4-2-3-5-8(7)10-6;7-5-1-2-6(8)4-3-5/h2-5H,1H3,(H,9,10);1-4H,7-8H2. The number of benzene rings is 2. The molecular weight excluding hydrogens is 224 g/mol. The van der Waals surface area contributed by atoms with E-state index in [0.717, 1.165) is 28.2 Å². The van der Waals surface area contributed by atoms with Gasteiger partial charge in [-0.3, -0.25) is 0 Å². The molecule has 0 amide bonds. The molecule has 0 spiro atoms. The van der Waals surface area contributed by atoms with Gasteiger partial charge in [0.15, 0.2) is 0 Å². The van der Waals surface area contributed by atoms with Gasteiger partial charge in [-0.1, -0.05) is 12.1 Å². The topological polar surface area (TPSA) is 80.7 Å².